The fourth-order valence-corrected chi connectivity index (χ4v) is 4.22. The largest absolute Gasteiger partial charge is 0.497 e. The maximum Gasteiger partial charge on any atom is 0.243 e. The lowest BCUT2D eigenvalue weighted by atomic mass is 10.0. The van der Waals surface area contributed by atoms with Gasteiger partial charge in [-0.05, 0) is 29.8 Å². The van der Waals surface area contributed by atoms with Crippen LogP contribution in [0.3, 0.4) is 0 Å². The van der Waals surface area contributed by atoms with E-state index in [-0.39, 0.29) is 17.5 Å². The molecular formula is C19H23FN2O4S. The molecule has 1 fully saturated rings. The number of rotatable bonds is 7. The highest BCUT2D eigenvalue weighted by molar-refractivity contribution is 7.89. The smallest absolute Gasteiger partial charge is 0.243 e. The normalized spacial score (nSPS) is 16.8. The molecule has 0 aliphatic carbocycles. The van der Waals surface area contributed by atoms with E-state index in [2.05, 4.69) is 9.62 Å². The lowest BCUT2D eigenvalue weighted by Crippen LogP contribution is -2.43. The summed E-state index contributed by atoms with van der Waals surface area (Å²) in [5, 5.41) is 0. The summed E-state index contributed by atoms with van der Waals surface area (Å²) in [4.78, 5) is 1.82. The monoisotopic (exact) mass is 394 g/mol. The van der Waals surface area contributed by atoms with Gasteiger partial charge in [0.2, 0.25) is 10.0 Å². The van der Waals surface area contributed by atoms with Crippen LogP contribution in [0.1, 0.15) is 11.6 Å². The second kappa shape index (κ2) is 8.79. The zero-order valence-electron chi connectivity index (χ0n) is 15.1. The van der Waals surface area contributed by atoms with E-state index in [1.165, 1.54) is 18.2 Å². The van der Waals surface area contributed by atoms with Crippen molar-refractivity contribution in [2.75, 3.05) is 40.0 Å². The first-order valence-electron chi connectivity index (χ1n) is 8.71. The van der Waals surface area contributed by atoms with Crippen LogP contribution in [0, 0.1) is 5.82 Å². The minimum atomic E-state index is -3.95. The van der Waals surface area contributed by atoms with E-state index in [1.807, 2.05) is 24.3 Å². The van der Waals surface area contributed by atoms with E-state index in [1.54, 1.807) is 7.11 Å². The molecule has 0 bridgehead atoms. The Morgan fingerprint density at radius 2 is 1.81 bits per heavy atom. The van der Waals surface area contributed by atoms with Gasteiger partial charge in [-0.15, -0.1) is 0 Å². The topological polar surface area (TPSA) is 67.9 Å². The summed E-state index contributed by atoms with van der Waals surface area (Å²) in [7, 11) is -2.36. The molecule has 8 heteroatoms. The SMILES string of the molecule is COc1ccc(C(CNS(=O)(=O)c2ccccc2F)N2CCOCC2)cc1. The van der Waals surface area contributed by atoms with Crippen LogP contribution in [0.4, 0.5) is 4.39 Å². The summed E-state index contributed by atoms with van der Waals surface area (Å²) in [6, 6.07) is 12.7. The number of methoxy groups -OCH3 is 1. The van der Waals surface area contributed by atoms with Crippen LogP contribution in [-0.2, 0) is 14.8 Å². The Bertz CT molecular complexity index is 852. The van der Waals surface area contributed by atoms with Gasteiger partial charge in [0.1, 0.15) is 16.5 Å². The molecule has 1 aliphatic heterocycles. The number of nitrogens with zero attached hydrogens (tertiary/aromatic N) is 1. The Hall–Kier alpha value is -2.00. The lowest BCUT2D eigenvalue weighted by Gasteiger charge is -2.35. The van der Waals surface area contributed by atoms with E-state index in [9.17, 15) is 12.8 Å². The molecule has 2 aromatic rings. The van der Waals surface area contributed by atoms with Crippen LogP contribution in [0.2, 0.25) is 0 Å². The minimum Gasteiger partial charge on any atom is -0.497 e. The van der Waals surface area contributed by atoms with E-state index in [0.717, 1.165) is 17.4 Å². The van der Waals surface area contributed by atoms with Gasteiger partial charge in [0.15, 0.2) is 0 Å². The lowest BCUT2D eigenvalue weighted by molar-refractivity contribution is 0.0172. The zero-order chi connectivity index (χ0) is 19.3. The number of hydrogen-bond acceptors (Lipinski definition) is 5. The van der Waals surface area contributed by atoms with Crippen molar-refractivity contribution in [2.24, 2.45) is 0 Å². The van der Waals surface area contributed by atoms with Gasteiger partial charge in [-0.25, -0.2) is 17.5 Å². The average Bonchev–Trinajstić information content (AvgIpc) is 2.69. The molecule has 0 aromatic heterocycles. The Morgan fingerprint density at radius 1 is 1.15 bits per heavy atom. The van der Waals surface area contributed by atoms with Crippen molar-refractivity contribution >= 4 is 10.0 Å². The molecule has 0 amide bonds. The van der Waals surface area contributed by atoms with Gasteiger partial charge in [0, 0.05) is 25.7 Å². The standard InChI is InChI=1S/C19H23FN2O4S/c1-25-16-8-6-15(7-9-16)18(22-10-12-26-13-11-22)14-21-27(23,24)19-5-3-2-4-17(19)20/h2-9,18,21H,10-14H2,1H3. The Kier molecular flexibility index (Phi) is 6.43. The second-order valence-electron chi connectivity index (χ2n) is 6.22. The summed E-state index contributed by atoms with van der Waals surface area (Å²) in [6.07, 6.45) is 0. The maximum absolute atomic E-state index is 13.9. The Balaban J connectivity index is 1.81. The average molecular weight is 394 g/mol. The summed E-state index contributed by atoms with van der Waals surface area (Å²) >= 11 is 0. The third-order valence-electron chi connectivity index (χ3n) is 4.58. The van der Waals surface area contributed by atoms with Gasteiger partial charge in [-0.2, -0.15) is 0 Å². The van der Waals surface area contributed by atoms with Gasteiger partial charge in [-0.3, -0.25) is 4.90 Å². The predicted octanol–water partition coefficient (Wildman–Crippen LogP) is 2.19. The summed E-state index contributed by atoms with van der Waals surface area (Å²) in [6.45, 7) is 2.69. The molecule has 1 unspecified atom stereocenters. The van der Waals surface area contributed by atoms with Gasteiger partial charge in [0.25, 0.3) is 0 Å². The highest BCUT2D eigenvalue weighted by atomic mass is 32.2. The number of benzene rings is 2. The molecule has 3 rings (SSSR count). The highest BCUT2D eigenvalue weighted by Gasteiger charge is 2.26. The number of ether oxygens (including phenoxy) is 2. The fraction of sp³-hybridized carbons (Fsp3) is 0.368. The number of morpholine rings is 1. The second-order valence-corrected chi connectivity index (χ2v) is 7.95. The summed E-state index contributed by atoms with van der Waals surface area (Å²) in [5.41, 5.74) is 0.953. The van der Waals surface area contributed by atoms with E-state index in [0.29, 0.717) is 26.3 Å². The molecule has 1 heterocycles. The first-order valence-corrected chi connectivity index (χ1v) is 10.2. The predicted molar refractivity (Wildman–Crippen MR) is 99.7 cm³/mol. The number of sulfonamides is 1. The molecule has 27 heavy (non-hydrogen) atoms. The van der Waals surface area contributed by atoms with Gasteiger partial charge in [-0.1, -0.05) is 24.3 Å². The third-order valence-corrected chi connectivity index (χ3v) is 6.04. The fourth-order valence-electron chi connectivity index (χ4n) is 3.10. The molecule has 1 aliphatic rings. The molecule has 6 nitrogen and oxygen atoms in total. The van der Waals surface area contributed by atoms with E-state index >= 15 is 0 Å². The zero-order valence-corrected chi connectivity index (χ0v) is 15.9. The van der Waals surface area contributed by atoms with Gasteiger partial charge in [0.05, 0.1) is 20.3 Å². The van der Waals surface area contributed by atoms with Crippen LogP contribution in [0.15, 0.2) is 53.4 Å². The van der Waals surface area contributed by atoms with Crippen LogP contribution >= 0.6 is 0 Å². The molecule has 146 valence electrons. The van der Waals surface area contributed by atoms with Crippen molar-refractivity contribution in [3.8, 4) is 5.75 Å². The van der Waals surface area contributed by atoms with Crippen molar-refractivity contribution in [2.45, 2.75) is 10.9 Å². The molecule has 0 radical (unpaired) electrons. The van der Waals surface area contributed by atoms with Gasteiger partial charge < -0.3 is 9.47 Å². The molecular weight excluding hydrogens is 371 g/mol. The van der Waals surface area contributed by atoms with Gasteiger partial charge >= 0.3 is 0 Å². The van der Waals surface area contributed by atoms with Crippen LogP contribution < -0.4 is 9.46 Å². The van der Waals surface area contributed by atoms with Crippen molar-refractivity contribution in [1.82, 2.24) is 9.62 Å². The Labute approximate surface area is 159 Å². The van der Waals surface area contributed by atoms with E-state index < -0.39 is 15.8 Å². The third kappa shape index (κ3) is 4.84. The van der Waals surface area contributed by atoms with Crippen molar-refractivity contribution in [1.29, 1.82) is 0 Å². The quantitative estimate of drug-likeness (QED) is 0.780. The van der Waals surface area contributed by atoms with Crippen molar-refractivity contribution in [3.05, 3.63) is 59.9 Å². The highest BCUT2D eigenvalue weighted by Crippen LogP contribution is 2.24. The first kappa shape index (κ1) is 19.8. The van der Waals surface area contributed by atoms with Crippen molar-refractivity contribution in [3.63, 3.8) is 0 Å². The minimum absolute atomic E-state index is 0.128. The van der Waals surface area contributed by atoms with E-state index in [4.69, 9.17) is 9.47 Å². The molecule has 1 atom stereocenters. The van der Waals surface area contributed by atoms with Crippen LogP contribution in [-0.4, -0.2) is 53.3 Å². The first-order chi connectivity index (χ1) is 13.0. The molecule has 0 saturated carbocycles. The van der Waals surface area contributed by atoms with Crippen molar-refractivity contribution < 1.29 is 22.3 Å². The number of nitrogens with one attached hydrogen (secondary N) is 1. The molecule has 1 N–H and O–H groups in total. The summed E-state index contributed by atoms with van der Waals surface area (Å²) < 4.78 is 52.2. The van der Waals surface area contributed by atoms with Crippen LogP contribution in [0.5, 0.6) is 5.75 Å². The Morgan fingerprint density at radius 3 is 2.44 bits per heavy atom. The molecule has 0 spiro atoms. The number of halogens is 1. The summed E-state index contributed by atoms with van der Waals surface area (Å²) in [5.74, 6) is -0.0382. The molecule has 2 aromatic carbocycles. The maximum atomic E-state index is 13.9. The molecule has 1 saturated heterocycles. The number of hydrogen-bond donors (Lipinski definition) is 1. The van der Waals surface area contributed by atoms with Crippen LogP contribution in [0.25, 0.3) is 0 Å².